The van der Waals surface area contributed by atoms with Gasteiger partial charge in [-0.3, -0.25) is 4.79 Å². The summed E-state index contributed by atoms with van der Waals surface area (Å²) in [6.07, 6.45) is 0. The molecule has 0 saturated carbocycles. The second-order valence-electron chi connectivity index (χ2n) is 6.48. The fourth-order valence-corrected chi connectivity index (χ4v) is 3.60. The van der Waals surface area contributed by atoms with Crippen molar-refractivity contribution < 1.29 is 4.79 Å². The lowest BCUT2D eigenvalue weighted by Gasteiger charge is -2.29. The molecule has 4 rings (SSSR count). The molecule has 0 atom stereocenters. The van der Waals surface area contributed by atoms with Crippen LogP contribution in [0.5, 0.6) is 0 Å². The Morgan fingerprint density at radius 2 is 1.21 bits per heavy atom. The van der Waals surface area contributed by atoms with E-state index in [4.69, 9.17) is 0 Å². The van der Waals surface area contributed by atoms with Crippen LogP contribution in [0.25, 0.3) is 0 Å². The Morgan fingerprint density at radius 3 is 1.75 bits per heavy atom. The Morgan fingerprint density at radius 1 is 0.708 bits per heavy atom. The summed E-state index contributed by atoms with van der Waals surface area (Å²) in [5.74, 6) is 0.0106. The van der Waals surface area contributed by atoms with Gasteiger partial charge in [-0.05, 0) is 31.0 Å². The molecule has 1 amide bonds. The number of aryl methyl sites for hydroxylation is 2. The van der Waals surface area contributed by atoms with E-state index in [9.17, 15) is 4.79 Å². The van der Waals surface area contributed by atoms with Crippen molar-refractivity contribution in [3.8, 4) is 0 Å². The van der Waals surface area contributed by atoms with Crippen LogP contribution >= 0.6 is 0 Å². The number of amides is 1. The van der Waals surface area contributed by atoms with Crippen LogP contribution in [-0.2, 0) is 10.2 Å². The van der Waals surface area contributed by atoms with Crippen LogP contribution in [0, 0.1) is 13.8 Å². The van der Waals surface area contributed by atoms with E-state index in [0.29, 0.717) is 0 Å². The van der Waals surface area contributed by atoms with Gasteiger partial charge >= 0.3 is 0 Å². The van der Waals surface area contributed by atoms with E-state index in [-0.39, 0.29) is 5.91 Å². The number of hydrogen-bond acceptors (Lipinski definition) is 1. The second kappa shape index (κ2) is 5.34. The van der Waals surface area contributed by atoms with Crippen molar-refractivity contribution in [2.45, 2.75) is 19.3 Å². The molecule has 3 aromatic carbocycles. The van der Waals surface area contributed by atoms with Gasteiger partial charge in [0.1, 0.15) is 5.41 Å². The van der Waals surface area contributed by atoms with Gasteiger partial charge in [-0.15, -0.1) is 0 Å². The Bertz CT molecular complexity index is 862. The number of para-hydroxylation sites is 1. The molecule has 0 saturated heterocycles. The number of carbonyl (C=O) groups excluding carboxylic acids is 1. The fourth-order valence-electron chi connectivity index (χ4n) is 3.60. The van der Waals surface area contributed by atoms with Gasteiger partial charge in [0.05, 0.1) is 0 Å². The lowest BCUT2D eigenvalue weighted by Crippen LogP contribution is -2.37. The highest BCUT2D eigenvalue weighted by atomic mass is 16.2. The van der Waals surface area contributed by atoms with Gasteiger partial charge in [-0.1, -0.05) is 77.9 Å². The number of nitrogens with one attached hydrogen (secondary N) is 1. The molecule has 1 heterocycles. The van der Waals surface area contributed by atoms with Gasteiger partial charge in [-0.2, -0.15) is 0 Å². The fraction of sp³-hybridized carbons (Fsp3) is 0.136. The van der Waals surface area contributed by atoms with Crippen molar-refractivity contribution in [3.05, 3.63) is 101 Å². The number of carbonyl (C=O) groups is 1. The third-order valence-electron chi connectivity index (χ3n) is 4.89. The van der Waals surface area contributed by atoms with Crippen LogP contribution in [0.3, 0.4) is 0 Å². The molecular formula is C22H19NO. The first-order valence-corrected chi connectivity index (χ1v) is 8.17. The first-order chi connectivity index (χ1) is 11.6. The minimum Gasteiger partial charge on any atom is -0.324 e. The van der Waals surface area contributed by atoms with Crippen molar-refractivity contribution in [2.24, 2.45) is 0 Å². The molecule has 0 aromatic heterocycles. The summed E-state index contributed by atoms with van der Waals surface area (Å²) in [5.41, 5.74) is 5.48. The standard InChI is InChI=1S/C22H19NO/c1-15-7-11-17(12-8-15)22(18-13-9-16(2)10-14-18)19-5-3-4-6-20(19)23-21(22)24/h3-14H,1-2H3,(H,23,24). The summed E-state index contributed by atoms with van der Waals surface area (Å²) in [6.45, 7) is 4.12. The van der Waals surface area contributed by atoms with Crippen LogP contribution in [0.4, 0.5) is 5.69 Å². The summed E-state index contributed by atoms with van der Waals surface area (Å²) in [7, 11) is 0. The SMILES string of the molecule is Cc1ccc(C2(c3ccc(C)cc3)C(=O)Nc3ccccc32)cc1. The number of rotatable bonds is 2. The highest BCUT2D eigenvalue weighted by Gasteiger charge is 2.49. The Labute approximate surface area is 142 Å². The van der Waals surface area contributed by atoms with Gasteiger partial charge in [0, 0.05) is 11.3 Å². The largest absolute Gasteiger partial charge is 0.324 e. The molecular weight excluding hydrogens is 294 g/mol. The summed E-state index contributed by atoms with van der Waals surface area (Å²) in [4.78, 5) is 13.2. The predicted molar refractivity (Wildman–Crippen MR) is 97.3 cm³/mol. The molecule has 1 aliphatic rings. The third kappa shape index (κ3) is 2.00. The molecule has 1 aliphatic heterocycles. The van der Waals surface area contributed by atoms with Gasteiger partial charge in [0.2, 0.25) is 5.91 Å². The normalized spacial score (nSPS) is 15.0. The first-order valence-electron chi connectivity index (χ1n) is 8.17. The molecule has 2 heteroatoms. The van der Waals surface area contributed by atoms with E-state index in [0.717, 1.165) is 22.4 Å². The van der Waals surface area contributed by atoms with Crippen LogP contribution < -0.4 is 5.32 Å². The topological polar surface area (TPSA) is 29.1 Å². The van der Waals surface area contributed by atoms with Gasteiger partial charge in [0.25, 0.3) is 0 Å². The van der Waals surface area contributed by atoms with Gasteiger partial charge in [-0.25, -0.2) is 0 Å². The van der Waals surface area contributed by atoms with Crippen molar-refractivity contribution in [1.29, 1.82) is 0 Å². The number of fused-ring (bicyclic) bond motifs is 1. The summed E-state index contributed by atoms with van der Waals surface area (Å²) in [5, 5.41) is 3.08. The van der Waals surface area contributed by atoms with Gasteiger partial charge < -0.3 is 5.32 Å². The summed E-state index contributed by atoms with van der Waals surface area (Å²) >= 11 is 0. The van der Waals surface area contributed by atoms with E-state index in [1.807, 2.05) is 24.3 Å². The molecule has 0 aliphatic carbocycles. The Balaban J connectivity index is 2.06. The van der Waals surface area contributed by atoms with Gasteiger partial charge in [0.15, 0.2) is 0 Å². The minimum absolute atomic E-state index is 0.0106. The molecule has 0 spiro atoms. The van der Waals surface area contributed by atoms with Crippen molar-refractivity contribution in [1.82, 2.24) is 0 Å². The molecule has 3 aromatic rings. The van der Waals surface area contributed by atoms with E-state index < -0.39 is 5.41 Å². The molecule has 0 radical (unpaired) electrons. The van der Waals surface area contributed by atoms with E-state index in [2.05, 4.69) is 67.7 Å². The second-order valence-corrected chi connectivity index (χ2v) is 6.48. The van der Waals surface area contributed by atoms with Crippen molar-refractivity contribution in [3.63, 3.8) is 0 Å². The maximum absolute atomic E-state index is 13.2. The third-order valence-corrected chi connectivity index (χ3v) is 4.89. The molecule has 2 nitrogen and oxygen atoms in total. The lowest BCUT2D eigenvalue weighted by atomic mass is 9.70. The van der Waals surface area contributed by atoms with Crippen LogP contribution in [-0.4, -0.2) is 5.91 Å². The molecule has 118 valence electrons. The Kier molecular flexibility index (Phi) is 3.27. The van der Waals surface area contributed by atoms with E-state index >= 15 is 0 Å². The van der Waals surface area contributed by atoms with Crippen LogP contribution in [0.1, 0.15) is 27.8 Å². The van der Waals surface area contributed by atoms with Crippen molar-refractivity contribution in [2.75, 3.05) is 5.32 Å². The van der Waals surface area contributed by atoms with Crippen molar-refractivity contribution >= 4 is 11.6 Å². The smallest absolute Gasteiger partial charge is 0.244 e. The summed E-state index contributed by atoms with van der Waals surface area (Å²) < 4.78 is 0. The van der Waals surface area contributed by atoms with Crippen LogP contribution in [0.2, 0.25) is 0 Å². The molecule has 24 heavy (non-hydrogen) atoms. The first kappa shape index (κ1) is 14.7. The quantitative estimate of drug-likeness (QED) is 0.736. The summed E-state index contributed by atoms with van der Waals surface area (Å²) in [6, 6.07) is 24.5. The molecule has 0 fully saturated rings. The monoisotopic (exact) mass is 313 g/mol. The molecule has 1 N–H and O–H groups in total. The zero-order valence-corrected chi connectivity index (χ0v) is 13.8. The maximum Gasteiger partial charge on any atom is 0.244 e. The van der Waals surface area contributed by atoms with E-state index in [1.165, 1.54) is 11.1 Å². The number of benzene rings is 3. The zero-order chi connectivity index (χ0) is 16.7. The minimum atomic E-state index is -0.794. The van der Waals surface area contributed by atoms with Crippen LogP contribution in [0.15, 0.2) is 72.8 Å². The number of hydrogen-bond donors (Lipinski definition) is 1. The number of anilines is 1. The average Bonchev–Trinajstić information content (AvgIpc) is 2.89. The predicted octanol–water partition coefficient (Wildman–Crippen LogP) is 4.59. The highest BCUT2D eigenvalue weighted by molar-refractivity contribution is 6.11. The molecule has 0 bridgehead atoms. The average molecular weight is 313 g/mol. The molecule has 0 unspecified atom stereocenters. The maximum atomic E-state index is 13.2. The highest BCUT2D eigenvalue weighted by Crippen LogP contribution is 2.47. The Hall–Kier alpha value is -2.87. The zero-order valence-electron chi connectivity index (χ0n) is 13.8. The van der Waals surface area contributed by atoms with E-state index in [1.54, 1.807) is 0 Å². The lowest BCUT2D eigenvalue weighted by molar-refractivity contribution is -0.118.